The van der Waals surface area contributed by atoms with Crippen molar-refractivity contribution in [2.75, 3.05) is 23.7 Å². The van der Waals surface area contributed by atoms with Gasteiger partial charge in [0.2, 0.25) is 5.91 Å². The third kappa shape index (κ3) is 1.48. The van der Waals surface area contributed by atoms with E-state index in [1.54, 1.807) is 4.90 Å². The summed E-state index contributed by atoms with van der Waals surface area (Å²) >= 11 is 0. The summed E-state index contributed by atoms with van der Waals surface area (Å²) in [5.41, 5.74) is 10.5. The monoisotopic (exact) mass is 197 g/mol. The molecule has 1 saturated heterocycles. The van der Waals surface area contributed by atoms with Crippen LogP contribution in [-0.4, -0.2) is 29.2 Å². The Balaban J connectivity index is 2.05. The molecule has 2 heterocycles. The zero-order chi connectivity index (χ0) is 10.1. The Morgan fingerprint density at radius 1 is 1.57 bits per heavy atom. The van der Waals surface area contributed by atoms with Gasteiger partial charge in [0, 0.05) is 13.1 Å². The molecule has 1 aromatic rings. The lowest BCUT2D eigenvalue weighted by atomic mass is 10.1. The Bertz CT molecular complexity index is 350. The molecule has 2 rings (SSSR count). The average molecular weight is 197 g/mol. The van der Waals surface area contributed by atoms with E-state index in [9.17, 15) is 4.79 Å². The van der Waals surface area contributed by atoms with Gasteiger partial charge in [-0.3, -0.25) is 4.79 Å². The van der Waals surface area contributed by atoms with Crippen molar-refractivity contribution < 1.29 is 9.21 Å². The van der Waals surface area contributed by atoms with Crippen LogP contribution in [0.2, 0.25) is 0 Å². The van der Waals surface area contributed by atoms with Crippen LogP contribution in [0.4, 0.5) is 12.0 Å². The van der Waals surface area contributed by atoms with Crippen molar-refractivity contribution in [3.8, 4) is 0 Å². The molecule has 1 fully saturated rings. The Morgan fingerprint density at radius 2 is 2.36 bits per heavy atom. The van der Waals surface area contributed by atoms with Crippen molar-refractivity contribution in [3.05, 3.63) is 0 Å². The quantitative estimate of drug-likeness (QED) is 0.626. The minimum Gasteiger partial charge on any atom is -0.390 e. The Morgan fingerprint density at radius 3 is 2.86 bits per heavy atom. The number of rotatable bonds is 2. The van der Waals surface area contributed by atoms with E-state index in [1.165, 1.54) is 0 Å². The molecule has 1 aromatic heterocycles. The summed E-state index contributed by atoms with van der Waals surface area (Å²) in [7, 11) is 0. The number of aromatic nitrogens is 2. The molecule has 0 saturated carbocycles. The Kier molecular flexibility index (Phi) is 1.99. The molecule has 1 aliphatic rings. The van der Waals surface area contributed by atoms with Crippen LogP contribution in [0.5, 0.6) is 0 Å². The standard InChI is InChI=1S/C7H11N5O2/c8-5(13)4-1-2-12(3-4)7-11-10-6(9)14-7/h4H,1-3H2,(H2,8,13)(H2,9,10). The highest BCUT2D eigenvalue weighted by atomic mass is 16.4. The predicted octanol–water partition coefficient (Wildman–Crippen LogP) is -1.04. The summed E-state index contributed by atoms with van der Waals surface area (Å²) < 4.78 is 5.02. The number of amides is 1. The third-order valence-electron chi connectivity index (χ3n) is 2.29. The lowest BCUT2D eigenvalue weighted by Crippen LogP contribution is -2.27. The van der Waals surface area contributed by atoms with Gasteiger partial charge < -0.3 is 20.8 Å². The molecule has 0 aliphatic carbocycles. The van der Waals surface area contributed by atoms with Crippen molar-refractivity contribution in [1.82, 2.24) is 10.2 Å². The number of nitrogens with zero attached hydrogens (tertiary/aromatic N) is 3. The van der Waals surface area contributed by atoms with Gasteiger partial charge in [-0.1, -0.05) is 10.2 Å². The van der Waals surface area contributed by atoms with Crippen LogP contribution in [-0.2, 0) is 4.79 Å². The maximum Gasteiger partial charge on any atom is 0.319 e. The molecule has 1 atom stereocenters. The highest BCUT2D eigenvalue weighted by molar-refractivity contribution is 5.77. The lowest BCUT2D eigenvalue weighted by molar-refractivity contribution is -0.121. The summed E-state index contributed by atoms with van der Waals surface area (Å²) in [4.78, 5) is 12.7. The van der Waals surface area contributed by atoms with E-state index < -0.39 is 0 Å². The van der Waals surface area contributed by atoms with E-state index >= 15 is 0 Å². The first kappa shape index (κ1) is 8.79. The normalized spacial score (nSPS) is 21.4. The number of carbonyl (C=O) groups is 1. The zero-order valence-electron chi connectivity index (χ0n) is 7.51. The first-order chi connectivity index (χ1) is 6.66. The van der Waals surface area contributed by atoms with Crippen molar-refractivity contribution in [3.63, 3.8) is 0 Å². The number of hydrogen-bond acceptors (Lipinski definition) is 6. The molecule has 4 N–H and O–H groups in total. The van der Waals surface area contributed by atoms with Gasteiger partial charge in [0.25, 0.3) is 0 Å². The van der Waals surface area contributed by atoms with Crippen molar-refractivity contribution in [2.24, 2.45) is 11.7 Å². The minimum absolute atomic E-state index is 0.0301. The molecule has 1 unspecified atom stereocenters. The van der Waals surface area contributed by atoms with Gasteiger partial charge >= 0.3 is 12.0 Å². The molecular weight excluding hydrogens is 186 g/mol. The van der Waals surface area contributed by atoms with Crippen LogP contribution in [0.15, 0.2) is 4.42 Å². The molecule has 0 radical (unpaired) electrons. The van der Waals surface area contributed by atoms with Crippen LogP contribution >= 0.6 is 0 Å². The fourth-order valence-corrected chi connectivity index (χ4v) is 1.52. The van der Waals surface area contributed by atoms with E-state index in [2.05, 4.69) is 10.2 Å². The van der Waals surface area contributed by atoms with Crippen molar-refractivity contribution in [1.29, 1.82) is 0 Å². The molecule has 14 heavy (non-hydrogen) atoms. The molecular formula is C7H11N5O2. The third-order valence-corrected chi connectivity index (χ3v) is 2.29. The van der Waals surface area contributed by atoms with Gasteiger partial charge in [-0.2, -0.15) is 0 Å². The molecule has 76 valence electrons. The van der Waals surface area contributed by atoms with Gasteiger partial charge in [0.1, 0.15) is 0 Å². The first-order valence-corrected chi connectivity index (χ1v) is 4.30. The minimum atomic E-state index is -0.292. The highest BCUT2D eigenvalue weighted by Crippen LogP contribution is 2.22. The molecule has 7 heteroatoms. The Hall–Kier alpha value is -1.79. The van der Waals surface area contributed by atoms with Gasteiger partial charge in [-0.05, 0) is 6.42 Å². The van der Waals surface area contributed by atoms with Crippen LogP contribution in [0, 0.1) is 5.92 Å². The second-order valence-corrected chi connectivity index (χ2v) is 3.26. The van der Waals surface area contributed by atoms with Crippen molar-refractivity contribution >= 4 is 17.9 Å². The zero-order valence-corrected chi connectivity index (χ0v) is 7.51. The average Bonchev–Trinajstić information content (AvgIpc) is 2.70. The molecule has 0 bridgehead atoms. The van der Waals surface area contributed by atoms with E-state index in [0.717, 1.165) is 6.42 Å². The molecule has 1 aliphatic heterocycles. The summed E-state index contributed by atoms with van der Waals surface area (Å²) in [6.07, 6.45) is 0.720. The second kappa shape index (κ2) is 3.17. The largest absolute Gasteiger partial charge is 0.390 e. The summed E-state index contributed by atoms with van der Waals surface area (Å²) in [6.45, 7) is 1.21. The van der Waals surface area contributed by atoms with E-state index in [1.807, 2.05) is 0 Å². The maximum atomic E-state index is 10.9. The molecule has 0 aromatic carbocycles. The topological polar surface area (TPSA) is 111 Å². The summed E-state index contributed by atoms with van der Waals surface area (Å²) in [5.74, 6) is -0.428. The van der Waals surface area contributed by atoms with Crippen LogP contribution in [0.3, 0.4) is 0 Å². The van der Waals surface area contributed by atoms with E-state index in [0.29, 0.717) is 19.1 Å². The molecule has 0 spiro atoms. The first-order valence-electron chi connectivity index (χ1n) is 4.30. The van der Waals surface area contributed by atoms with Gasteiger partial charge in [0.05, 0.1) is 5.92 Å². The number of nitrogens with two attached hydrogens (primary N) is 2. The van der Waals surface area contributed by atoms with E-state index in [4.69, 9.17) is 15.9 Å². The number of hydrogen-bond donors (Lipinski definition) is 2. The van der Waals surface area contributed by atoms with Crippen LogP contribution < -0.4 is 16.4 Å². The number of primary amides is 1. The van der Waals surface area contributed by atoms with Crippen molar-refractivity contribution in [2.45, 2.75) is 6.42 Å². The fourth-order valence-electron chi connectivity index (χ4n) is 1.52. The predicted molar refractivity (Wildman–Crippen MR) is 48.2 cm³/mol. The molecule has 1 amide bonds. The van der Waals surface area contributed by atoms with Gasteiger partial charge in [0.15, 0.2) is 0 Å². The van der Waals surface area contributed by atoms with Gasteiger partial charge in [-0.25, -0.2) is 0 Å². The van der Waals surface area contributed by atoms with Gasteiger partial charge in [-0.15, -0.1) is 0 Å². The summed E-state index contributed by atoms with van der Waals surface area (Å²) in [6, 6.07) is 0.383. The fraction of sp³-hybridized carbons (Fsp3) is 0.571. The summed E-state index contributed by atoms with van der Waals surface area (Å²) in [5, 5.41) is 7.26. The number of nitrogen functional groups attached to an aromatic ring is 1. The smallest absolute Gasteiger partial charge is 0.319 e. The maximum absolute atomic E-state index is 10.9. The van der Waals surface area contributed by atoms with E-state index in [-0.39, 0.29) is 17.8 Å². The second-order valence-electron chi connectivity index (χ2n) is 3.26. The number of anilines is 2. The highest BCUT2D eigenvalue weighted by Gasteiger charge is 2.29. The van der Waals surface area contributed by atoms with Crippen LogP contribution in [0.25, 0.3) is 0 Å². The molecule has 7 nitrogen and oxygen atoms in total. The SMILES string of the molecule is NC(=O)C1CCN(c2nnc(N)o2)C1. The Labute approximate surface area is 80.1 Å². The number of carbonyl (C=O) groups excluding carboxylic acids is 1. The lowest BCUT2D eigenvalue weighted by Gasteiger charge is -2.10. The van der Waals surface area contributed by atoms with Crippen LogP contribution in [0.1, 0.15) is 6.42 Å².